The lowest BCUT2D eigenvalue weighted by atomic mass is 10.1. The average Bonchev–Trinajstić information content (AvgIpc) is 2.46. The number of carbonyl (C=O) groups is 1. The number of nitrogens with two attached hydrogens (primary N) is 1. The summed E-state index contributed by atoms with van der Waals surface area (Å²) in [6.07, 6.45) is 0. The topological polar surface area (TPSA) is 55.6 Å². The predicted molar refractivity (Wildman–Crippen MR) is 74.5 cm³/mol. The first kappa shape index (κ1) is 11.6. The molecular weight excluding hydrogens is 240 g/mol. The van der Waals surface area contributed by atoms with Gasteiger partial charge in [0, 0.05) is 17.3 Å². The van der Waals surface area contributed by atoms with Crippen molar-refractivity contribution in [2.75, 3.05) is 23.8 Å². The molecular formula is C15H14N2O2. The van der Waals surface area contributed by atoms with Crippen molar-refractivity contribution in [3.8, 4) is 5.75 Å². The van der Waals surface area contributed by atoms with Crippen LogP contribution in [0.3, 0.4) is 0 Å². The molecule has 2 aromatic carbocycles. The number of hydrogen-bond donors (Lipinski definition) is 1. The van der Waals surface area contributed by atoms with E-state index in [1.807, 2.05) is 36.4 Å². The number of benzene rings is 2. The summed E-state index contributed by atoms with van der Waals surface area (Å²) in [6, 6.07) is 14.6. The third-order valence-corrected chi connectivity index (χ3v) is 3.11. The first-order chi connectivity index (χ1) is 9.25. The summed E-state index contributed by atoms with van der Waals surface area (Å²) < 4.78 is 5.55. The molecule has 3 rings (SSSR count). The highest BCUT2D eigenvalue weighted by Gasteiger charge is 2.24. The number of amides is 1. The Morgan fingerprint density at radius 2 is 1.95 bits per heavy atom. The molecule has 0 atom stereocenters. The fourth-order valence-corrected chi connectivity index (χ4v) is 2.18. The van der Waals surface area contributed by atoms with Gasteiger partial charge in [-0.15, -0.1) is 0 Å². The van der Waals surface area contributed by atoms with E-state index in [1.165, 1.54) is 0 Å². The second-order valence-electron chi connectivity index (χ2n) is 4.40. The number of fused-ring (bicyclic) bond motifs is 1. The van der Waals surface area contributed by atoms with E-state index in [1.54, 1.807) is 17.0 Å². The largest absolute Gasteiger partial charge is 0.489 e. The number of nitrogens with zero attached hydrogens (tertiary/aromatic N) is 1. The molecule has 0 spiro atoms. The van der Waals surface area contributed by atoms with Crippen LogP contribution < -0.4 is 15.4 Å². The summed E-state index contributed by atoms with van der Waals surface area (Å²) in [5.41, 5.74) is 7.81. The maximum absolute atomic E-state index is 12.5. The highest BCUT2D eigenvalue weighted by atomic mass is 16.5. The van der Waals surface area contributed by atoms with Crippen LogP contribution in [0.1, 0.15) is 10.4 Å². The maximum atomic E-state index is 12.5. The van der Waals surface area contributed by atoms with Crippen molar-refractivity contribution in [1.29, 1.82) is 0 Å². The summed E-state index contributed by atoms with van der Waals surface area (Å²) in [4.78, 5) is 14.2. The molecule has 1 heterocycles. The van der Waals surface area contributed by atoms with Gasteiger partial charge in [-0.05, 0) is 24.3 Å². The Hall–Kier alpha value is -2.49. The first-order valence-corrected chi connectivity index (χ1v) is 6.15. The predicted octanol–water partition coefficient (Wildman–Crippen LogP) is 2.31. The molecule has 1 amide bonds. The normalized spacial score (nSPS) is 13.6. The van der Waals surface area contributed by atoms with Crippen molar-refractivity contribution in [3.05, 3.63) is 54.1 Å². The highest BCUT2D eigenvalue weighted by Crippen LogP contribution is 2.34. The minimum absolute atomic E-state index is 0.0186. The number of anilines is 2. The van der Waals surface area contributed by atoms with Crippen molar-refractivity contribution in [1.82, 2.24) is 0 Å². The van der Waals surface area contributed by atoms with Crippen LogP contribution >= 0.6 is 0 Å². The summed E-state index contributed by atoms with van der Waals surface area (Å²) in [6.45, 7) is 1.03. The number of rotatable bonds is 1. The van der Waals surface area contributed by atoms with Crippen molar-refractivity contribution < 1.29 is 9.53 Å². The third kappa shape index (κ3) is 2.12. The molecule has 0 aromatic heterocycles. The Balaban J connectivity index is 1.98. The number of nitrogen functional groups attached to an aromatic ring is 1. The van der Waals surface area contributed by atoms with Crippen LogP contribution in [0.25, 0.3) is 0 Å². The van der Waals surface area contributed by atoms with E-state index >= 15 is 0 Å². The molecule has 1 aliphatic heterocycles. The second-order valence-corrected chi connectivity index (χ2v) is 4.40. The number of hydrogen-bond acceptors (Lipinski definition) is 3. The van der Waals surface area contributed by atoms with E-state index in [4.69, 9.17) is 10.5 Å². The lowest BCUT2D eigenvalue weighted by Crippen LogP contribution is -2.37. The fraction of sp³-hybridized carbons (Fsp3) is 0.133. The minimum atomic E-state index is -0.0186. The van der Waals surface area contributed by atoms with Crippen molar-refractivity contribution in [3.63, 3.8) is 0 Å². The standard InChI is InChI=1S/C15H14N2O2/c16-12-6-7-13-14(10-12)19-9-8-17(13)15(18)11-4-2-1-3-5-11/h1-7,10H,8-9,16H2. The van der Waals surface area contributed by atoms with Crippen molar-refractivity contribution >= 4 is 17.3 Å². The van der Waals surface area contributed by atoms with Crippen LogP contribution in [-0.2, 0) is 0 Å². The van der Waals surface area contributed by atoms with Crippen molar-refractivity contribution in [2.45, 2.75) is 0 Å². The molecule has 19 heavy (non-hydrogen) atoms. The Kier molecular flexibility index (Phi) is 2.83. The van der Waals surface area contributed by atoms with Gasteiger partial charge in [0.05, 0.1) is 12.2 Å². The summed E-state index contributed by atoms with van der Waals surface area (Å²) in [7, 11) is 0. The number of ether oxygens (including phenoxy) is 1. The smallest absolute Gasteiger partial charge is 0.258 e. The van der Waals surface area contributed by atoms with Gasteiger partial charge in [-0.1, -0.05) is 18.2 Å². The van der Waals surface area contributed by atoms with Crippen LogP contribution in [0.2, 0.25) is 0 Å². The summed E-state index contributed by atoms with van der Waals surface area (Å²) >= 11 is 0. The van der Waals surface area contributed by atoms with Crippen LogP contribution in [0.15, 0.2) is 48.5 Å². The first-order valence-electron chi connectivity index (χ1n) is 6.15. The van der Waals surface area contributed by atoms with Crippen molar-refractivity contribution in [2.24, 2.45) is 0 Å². The van der Waals surface area contributed by atoms with Crippen LogP contribution in [0.5, 0.6) is 5.75 Å². The maximum Gasteiger partial charge on any atom is 0.258 e. The Labute approximate surface area is 111 Å². The van der Waals surface area contributed by atoms with E-state index in [0.29, 0.717) is 30.2 Å². The molecule has 4 nitrogen and oxygen atoms in total. The number of carbonyl (C=O) groups excluding carboxylic acids is 1. The Morgan fingerprint density at radius 3 is 2.74 bits per heavy atom. The minimum Gasteiger partial charge on any atom is -0.489 e. The highest BCUT2D eigenvalue weighted by molar-refractivity contribution is 6.07. The second kappa shape index (κ2) is 4.65. The molecule has 1 aliphatic rings. The summed E-state index contributed by atoms with van der Waals surface area (Å²) in [5.74, 6) is 0.644. The molecule has 0 bridgehead atoms. The van der Waals surface area contributed by atoms with E-state index in [9.17, 15) is 4.79 Å². The van der Waals surface area contributed by atoms with Gasteiger partial charge < -0.3 is 15.4 Å². The monoisotopic (exact) mass is 254 g/mol. The molecule has 0 fully saturated rings. The van der Waals surface area contributed by atoms with E-state index in [2.05, 4.69) is 0 Å². The molecule has 2 N–H and O–H groups in total. The molecule has 2 aromatic rings. The lowest BCUT2D eigenvalue weighted by Gasteiger charge is -2.29. The quantitative estimate of drug-likeness (QED) is 0.794. The van der Waals surface area contributed by atoms with Gasteiger partial charge in [0.2, 0.25) is 0 Å². The van der Waals surface area contributed by atoms with Gasteiger partial charge in [-0.25, -0.2) is 0 Å². The van der Waals surface area contributed by atoms with E-state index < -0.39 is 0 Å². The lowest BCUT2D eigenvalue weighted by molar-refractivity contribution is 0.0976. The van der Waals surface area contributed by atoms with Gasteiger partial charge in [-0.2, -0.15) is 0 Å². The summed E-state index contributed by atoms with van der Waals surface area (Å²) in [5, 5.41) is 0. The molecule has 0 radical (unpaired) electrons. The Bertz CT molecular complexity index is 611. The average molecular weight is 254 g/mol. The van der Waals surface area contributed by atoms with E-state index in [-0.39, 0.29) is 5.91 Å². The van der Waals surface area contributed by atoms with Gasteiger partial charge in [0.15, 0.2) is 0 Å². The van der Waals surface area contributed by atoms with Gasteiger partial charge >= 0.3 is 0 Å². The third-order valence-electron chi connectivity index (χ3n) is 3.11. The zero-order valence-electron chi connectivity index (χ0n) is 10.4. The molecule has 96 valence electrons. The zero-order valence-corrected chi connectivity index (χ0v) is 10.4. The zero-order chi connectivity index (χ0) is 13.2. The van der Waals surface area contributed by atoms with E-state index in [0.717, 1.165) is 5.69 Å². The van der Waals surface area contributed by atoms with Crippen LogP contribution in [-0.4, -0.2) is 19.1 Å². The SMILES string of the molecule is Nc1ccc2c(c1)OCCN2C(=O)c1ccccc1. The molecule has 0 unspecified atom stereocenters. The van der Waals surface area contributed by atoms with Gasteiger partial charge in [0.1, 0.15) is 12.4 Å². The molecule has 0 saturated carbocycles. The van der Waals surface area contributed by atoms with Crippen LogP contribution in [0, 0.1) is 0 Å². The fourth-order valence-electron chi connectivity index (χ4n) is 2.18. The molecule has 0 aliphatic carbocycles. The molecule has 4 heteroatoms. The molecule has 0 saturated heterocycles. The van der Waals surface area contributed by atoms with Crippen LogP contribution in [0.4, 0.5) is 11.4 Å². The Morgan fingerprint density at radius 1 is 1.16 bits per heavy atom. The van der Waals surface area contributed by atoms with Gasteiger partial charge in [-0.3, -0.25) is 4.79 Å². The van der Waals surface area contributed by atoms with Gasteiger partial charge in [0.25, 0.3) is 5.91 Å².